The van der Waals surface area contributed by atoms with Gasteiger partial charge < -0.3 is 15.4 Å². The van der Waals surface area contributed by atoms with E-state index in [0.29, 0.717) is 22.5 Å². The molecule has 3 rings (SSSR count). The van der Waals surface area contributed by atoms with Crippen LogP contribution < -0.4 is 11.3 Å². The SMILES string of the molecule is Cc1ccc(-c2nnc(SCc3cc(=O)c(O)co3)n2N)cc1. The normalized spacial score (nSPS) is 10.8. The Morgan fingerprint density at radius 3 is 2.74 bits per heavy atom. The zero-order valence-corrected chi connectivity index (χ0v) is 13.1. The molecule has 0 amide bonds. The molecule has 0 saturated heterocycles. The molecule has 0 aliphatic rings. The Kier molecular flexibility index (Phi) is 4.07. The van der Waals surface area contributed by atoms with Crippen LogP contribution in [0.1, 0.15) is 11.3 Å². The summed E-state index contributed by atoms with van der Waals surface area (Å²) in [7, 11) is 0. The van der Waals surface area contributed by atoms with E-state index in [1.165, 1.54) is 22.5 Å². The van der Waals surface area contributed by atoms with Crippen LogP contribution in [0.25, 0.3) is 11.4 Å². The number of aromatic nitrogens is 3. The van der Waals surface area contributed by atoms with Crippen molar-refractivity contribution in [1.82, 2.24) is 14.9 Å². The summed E-state index contributed by atoms with van der Waals surface area (Å²) in [4.78, 5) is 11.4. The van der Waals surface area contributed by atoms with Crippen LogP contribution in [0.5, 0.6) is 5.75 Å². The largest absolute Gasteiger partial charge is 0.502 e. The average Bonchev–Trinajstić information content (AvgIpc) is 2.90. The summed E-state index contributed by atoms with van der Waals surface area (Å²) < 4.78 is 6.53. The van der Waals surface area contributed by atoms with Gasteiger partial charge in [0.25, 0.3) is 0 Å². The van der Waals surface area contributed by atoms with E-state index >= 15 is 0 Å². The van der Waals surface area contributed by atoms with Crippen molar-refractivity contribution in [2.45, 2.75) is 17.8 Å². The number of thioether (sulfide) groups is 1. The maximum absolute atomic E-state index is 11.4. The average molecular weight is 330 g/mol. The van der Waals surface area contributed by atoms with Gasteiger partial charge in [-0.1, -0.05) is 41.6 Å². The minimum atomic E-state index is -0.485. The number of nitrogens with zero attached hydrogens (tertiary/aromatic N) is 3. The number of rotatable bonds is 4. The van der Waals surface area contributed by atoms with Crippen molar-refractivity contribution in [3.8, 4) is 17.1 Å². The molecule has 0 aliphatic carbocycles. The molecule has 3 aromatic rings. The van der Waals surface area contributed by atoms with Gasteiger partial charge >= 0.3 is 0 Å². The van der Waals surface area contributed by atoms with Crippen molar-refractivity contribution >= 4 is 11.8 Å². The van der Waals surface area contributed by atoms with E-state index in [1.54, 1.807) is 0 Å². The smallest absolute Gasteiger partial charge is 0.226 e. The van der Waals surface area contributed by atoms with Crippen LogP contribution in [-0.2, 0) is 5.75 Å². The zero-order chi connectivity index (χ0) is 16.4. The lowest BCUT2D eigenvalue weighted by molar-refractivity contribution is 0.419. The lowest BCUT2D eigenvalue weighted by Crippen LogP contribution is -2.11. The van der Waals surface area contributed by atoms with Gasteiger partial charge in [-0.15, -0.1) is 10.2 Å². The molecule has 1 aromatic carbocycles. The fourth-order valence-electron chi connectivity index (χ4n) is 1.93. The highest BCUT2D eigenvalue weighted by Crippen LogP contribution is 2.24. The van der Waals surface area contributed by atoms with E-state index in [2.05, 4.69) is 10.2 Å². The van der Waals surface area contributed by atoms with E-state index < -0.39 is 11.2 Å². The summed E-state index contributed by atoms with van der Waals surface area (Å²) in [5.74, 6) is 6.93. The number of hydrogen-bond donors (Lipinski definition) is 2. The number of aromatic hydroxyl groups is 1. The van der Waals surface area contributed by atoms with Crippen molar-refractivity contribution in [2.24, 2.45) is 0 Å². The second-order valence-corrected chi connectivity index (χ2v) is 5.87. The molecule has 0 atom stereocenters. The third-order valence-corrected chi connectivity index (χ3v) is 4.15. The summed E-state index contributed by atoms with van der Waals surface area (Å²) >= 11 is 1.28. The fraction of sp³-hybridized carbons (Fsp3) is 0.133. The first-order chi connectivity index (χ1) is 11.0. The number of nitrogen functional groups attached to an aromatic ring is 1. The highest BCUT2D eigenvalue weighted by molar-refractivity contribution is 7.98. The molecule has 0 saturated carbocycles. The Morgan fingerprint density at radius 2 is 2.04 bits per heavy atom. The van der Waals surface area contributed by atoms with Gasteiger partial charge in [0.05, 0.1) is 5.75 Å². The molecule has 0 radical (unpaired) electrons. The fourth-order valence-corrected chi connectivity index (χ4v) is 2.68. The molecule has 2 aromatic heterocycles. The van der Waals surface area contributed by atoms with E-state index in [9.17, 15) is 4.79 Å². The standard InChI is InChI=1S/C15H14N4O3S/c1-9-2-4-10(5-3-9)14-17-18-15(19(14)16)23-8-11-6-12(20)13(21)7-22-11/h2-7,21H,8,16H2,1H3. The summed E-state index contributed by atoms with van der Waals surface area (Å²) in [6.07, 6.45) is 1.02. The third-order valence-electron chi connectivity index (χ3n) is 3.18. The first-order valence-electron chi connectivity index (χ1n) is 6.75. The Hall–Kier alpha value is -2.74. The molecule has 8 heteroatoms. The molecule has 0 aliphatic heterocycles. The van der Waals surface area contributed by atoms with E-state index in [-0.39, 0.29) is 0 Å². The Labute approximate surface area is 135 Å². The minimum Gasteiger partial charge on any atom is -0.502 e. The van der Waals surface area contributed by atoms with Gasteiger partial charge in [-0.2, -0.15) is 0 Å². The van der Waals surface area contributed by atoms with Crippen molar-refractivity contribution in [1.29, 1.82) is 0 Å². The second-order valence-electron chi connectivity index (χ2n) is 4.93. The lowest BCUT2D eigenvalue weighted by Gasteiger charge is -2.04. The number of nitrogens with two attached hydrogens (primary N) is 1. The van der Waals surface area contributed by atoms with Crippen molar-refractivity contribution in [2.75, 3.05) is 5.84 Å². The molecule has 2 heterocycles. The molecule has 7 nitrogen and oxygen atoms in total. The maximum atomic E-state index is 11.4. The molecule has 23 heavy (non-hydrogen) atoms. The highest BCUT2D eigenvalue weighted by Gasteiger charge is 2.13. The number of hydrogen-bond acceptors (Lipinski definition) is 7. The topological polar surface area (TPSA) is 107 Å². The van der Waals surface area contributed by atoms with Gasteiger partial charge in [0.2, 0.25) is 10.6 Å². The van der Waals surface area contributed by atoms with Gasteiger partial charge in [-0.3, -0.25) is 4.79 Å². The Balaban J connectivity index is 1.78. The number of benzene rings is 1. The maximum Gasteiger partial charge on any atom is 0.226 e. The predicted molar refractivity (Wildman–Crippen MR) is 86.5 cm³/mol. The predicted octanol–water partition coefficient (Wildman–Crippen LogP) is 1.92. The molecule has 0 bridgehead atoms. The molecular formula is C15H14N4O3S. The second kappa shape index (κ2) is 6.17. The molecule has 0 fully saturated rings. The molecular weight excluding hydrogens is 316 g/mol. The van der Waals surface area contributed by atoms with Crippen LogP contribution in [0.2, 0.25) is 0 Å². The zero-order valence-electron chi connectivity index (χ0n) is 12.3. The minimum absolute atomic E-state index is 0.346. The van der Waals surface area contributed by atoms with E-state index in [1.807, 2.05) is 31.2 Å². The van der Waals surface area contributed by atoms with Crippen molar-refractivity contribution < 1.29 is 9.52 Å². The van der Waals surface area contributed by atoms with Gasteiger partial charge in [0.1, 0.15) is 12.0 Å². The summed E-state index contributed by atoms with van der Waals surface area (Å²) in [6.45, 7) is 2.00. The number of aryl methyl sites for hydroxylation is 1. The van der Waals surface area contributed by atoms with Crippen LogP contribution in [0, 0.1) is 6.92 Å². The first kappa shape index (κ1) is 15.2. The Bertz CT molecular complexity index is 886. The van der Waals surface area contributed by atoms with Crippen LogP contribution in [0.3, 0.4) is 0 Å². The van der Waals surface area contributed by atoms with Gasteiger partial charge in [0, 0.05) is 11.6 Å². The van der Waals surface area contributed by atoms with Crippen LogP contribution >= 0.6 is 11.8 Å². The van der Waals surface area contributed by atoms with Crippen LogP contribution in [-0.4, -0.2) is 20.0 Å². The summed E-state index contributed by atoms with van der Waals surface area (Å²) in [5.41, 5.74) is 1.53. The van der Waals surface area contributed by atoms with Crippen molar-refractivity contribution in [3.05, 3.63) is 58.1 Å². The summed E-state index contributed by atoms with van der Waals surface area (Å²) in [5, 5.41) is 17.8. The van der Waals surface area contributed by atoms with Gasteiger partial charge in [-0.05, 0) is 6.92 Å². The summed E-state index contributed by atoms with van der Waals surface area (Å²) in [6, 6.07) is 9.04. The van der Waals surface area contributed by atoms with E-state index in [4.69, 9.17) is 15.4 Å². The molecule has 3 N–H and O–H groups in total. The quantitative estimate of drug-likeness (QED) is 0.556. The highest BCUT2D eigenvalue weighted by atomic mass is 32.2. The molecule has 0 unspecified atom stereocenters. The molecule has 118 valence electrons. The monoisotopic (exact) mass is 330 g/mol. The third kappa shape index (κ3) is 3.21. The van der Waals surface area contributed by atoms with Gasteiger partial charge in [-0.25, -0.2) is 4.68 Å². The van der Waals surface area contributed by atoms with Crippen LogP contribution in [0.4, 0.5) is 0 Å². The van der Waals surface area contributed by atoms with E-state index in [0.717, 1.165) is 17.4 Å². The van der Waals surface area contributed by atoms with Crippen LogP contribution in [0.15, 0.2) is 51.0 Å². The lowest BCUT2D eigenvalue weighted by atomic mass is 10.1. The Morgan fingerprint density at radius 1 is 1.30 bits per heavy atom. The molecule has 0 spiro atoms. The first-order valence-corrected chi connectivity index (χ1v) is 7.74. The van der Waals surface area contributed by atoms with Crippen molar-refractivity contribution in [3.63, 3.8) is 0 Å². The van der Waals surface area contributed by atoms with Gasteiger partial charge in [0.15, 0.2) is 11.6 Å².